The van der Waals surface area contributed by atoms with Gasteiger partial charge in [-0.3, -0.25) is 4.90 Å². The van der Waals surface area contributed by atoms with Crippen LogP contribution in [0.15, 0.2) is 42.6 Å². The Kier molecular flexibility index (Phi) is 5.78. The zero-order valence-corrected chi connectivity index (χ0v) is 15.4. The Morgan fingerprint density at radius 2 is 1.84 bits per heavy atom. The highest BCUT2D eigenvalue weighted by molar-refractivity contribution is 6.31. The summed E-state index contributed by atoms with van der Waals surface area (Å²) in [5, 5.41) is 1.19. The van der Waals surface area contributed by atoms with Crippen LogP contribution in [0.25, 0.3) is 0 Å². The van der Waals surface area contributed by atoms with Crippen LogP contribution in [-0.2, 0) is 9.53 Å². The summed E-state index contributed by atoms with van der Waals surface area (Å²) in [5.41, 5.74) is 0.772. The number of benzene rings is 1. The van der Waals surface area contributed by atoms with Crippen LogP contribution < -0.4 is 4.90 Å². The molecule has 1 unspecified atom stereocenters. The van der Waals surface area contributed by atoms with E-state index in [-0.39, 0.29) is 5.97 Å². The zero-order chi connectivity index (χ0) is 17.8. The van der Waals surface area contributed by atoms with E-state index in [1.807, 2.05) is 30.3 Å². The second kappa shape index (κ2) is 8.04. The summed E-state index contributed by atoms with van der Waals surface area (Å²) >= 11 is 12.2. The van der Waals surface area contributed by atoms with Gasteiger partial charge in [-0.05, 0) is 23.8 Å². The molecule has 0 spiro atoms. The lowest BCUT2D eigenvalue weighted by Crippen LogP contribution is -2.49. The number of pyridine rings is 1. The van der Waals surface area contributed by atoms with Gasteiger partial charge in [0.2, 0.25) is 0 Å². The number of halogens is 2. The lowest BCUT2D eigenvalue weighted by Gasteiger charge is -2.38. The summed E-state index contributed by atoms with van der Waals surface area (Å²) in [5.74, 6) is 0.586. The highest BCUT2D eigenvalue weighted by Crippen LogP contribution is 2.30. The molecule has 0 N–H and O–H groups in total. The summed E-state index contributed by atoms with van der Waals surface area (Å²) in [6.07, 6.45) is 1.64. The fourth-order valence-corrected chi connectivity index (χ4v) is 3.40. The van der Waals surface area contributed by atoms with Crippen LogP contribution in [0.3, 0.4) is 0 Å². The number of nitrogens with zero attached hydrogens (tertiary/aromatic N) is 3. The van der Waals surface area contributed by atoms with E-state index in [0.717, 1.165) is 24.5 Å². The third-order valence-electron chi connectivity index (χ3n) is 4.34. The zero-order valence-electron chi connectivity index (χ0n) is 13.9. The van der Waals surface area contributed by atoms with Crippen molar-refractivity contribution in [3.8, 4) is 0 Å². The lowest BCUT2D eigenvalue weighted by atomic mass is 10.0. The SMILES string of the molecule is COC(=O)C(c1ccccc1Cl)N1CCN(c2ccc(Cl)cn2)CC1. The van der Waals surface area contributed by atoms with Crippen LogP contribution >= 0.6 is 23.2 Å². The van der Waals surface area contributed by atoms with Gasteiger partial charge in [-0.1, -0.05) is 41.4 Å². The number of rotatable bonds is 4. The van der Waals surface area contributed by atoms with Crippen molar-refractivity contribution in [3.63, 3.8) is 0 Å². The maximum Gasteiger partial charge on any atom is 0.327 e. The van der Waals surface area contributed by atoms with Gasteiger partial charge in [-0.15, -0.1) is 0 Å². The molecule has 1 aromatic carbocycles. The molecule has 0 radical (unpaired) electrons. The monoisotopic (exact) mass is 379 g/mol. The number of carbonyl (C=O) groups excluding carboxylic acids is 1. The van der Waals surface area contributed by atoms with Gasteiger partial charge in [0.15, 0.2) is 0 Å². The number of hydrogen-bond acceptors (Lipinski definition) is 5. The minimum Gasteiger partial charge on any atom is -0.468 e. The lowest BCUT2D eigenvalue weighted by molar-refractivity contribution is -0.147. The molecule has 2 heterocycles. The van der Waals surface area contributed by atoms with Crippen molar-refractivity contribution in [2.45, 2.75) is 6.04 Å². The number of esters is 1. The fourth-order valence-electron chi connectivity index (χ4n) is 3.05. The first-order chi connectivity index (χ1) is 12.1. The molecule has 2 aromatic rings. The quantitative estimate of drug-likeness (QED) is 0.761. The highest BCUT2D eigenvalue weighted by atomic mass is 35.5. The second-order valence-corrected chi connectivity index (χ2v) is 6.65. The largest absolute Gasteiger partial charge is 0.468 e. The van der Waals surface area contributed by atoms with E-state index >= 15 is 0 Å². The normalized spacial score (nSPS) is 16.5. The first kappa shape index (κ1) is 18.0. The number of hydrogen-bond donors (Lipinski definition) is 0. The third-order valence-corrected chi connectivity index (χ3v) is 4.91. The van der Waals surface area contributed by atoms with Crippen LogP contribution in [0.4, 0.5) is 5.82 Å². The molecule has 0 saturated carbocycles. The molecule has 0 amide bonds. The minimum absolute atomic E-state index is 0.300. The predicted octanol–water partition coefficient (Wildman–Crippen LogP) is 3.42. The minimum atomic E-state index is -0.501. The summed E-state index contributed by atoms with van der Waals surface area (Å²) < 4.78 is 5.02. The van der Waals surface area contributed by atoms with Crippen LogP contribution in [-0.4, -0.2) is 49.1 Å². The molecule has 1 fully saturated rings. The molecule has 1 aliphatic rings. The maximum absolute atomic E-state index is 12.4. The van der Waals surface area contributed by atoms with Crippen molar-refractivity contribution in [3.05, 3.63) is 58.2 Å². The molecule has 0 aliphatic carbocycles. The first-order valence-corrected chi connectivity index (χ1v) is 8.78. The highest BCUT2D eigenvalue weighted by Gasteiger charge is 2.32. The topological polar surface area (TPSA) is 45.7 Å². The second-order valence-electron chi connectivity index (χ2n) is 5.80. The average molecular weight is 380 g/mol. The van der Waals surface area contributed by atoms with Crippen molar-refractivity contribution >= 4 is 35.0 Å². The summed E-state index contributed by atoms with van der Waals surface area (Å²) in [6, 6.07) is 10.6. The van der Waals surface area contributed by atoms with Gasteiger partial charge in [0.1, 0.15) is 11.9 Å². The molecule has 7 heteroatoms. The molecule has 25 heavy (non-hydrogen) atoms. The number of ether oxygens (including phenoxy) is 1. The Balaban J connectivity index is 1.75. The molecule has 1 saturated heterocycles. The Hall–Kier alpha value is -1.82. The Bertz CT molecular complexity index is 731. The van der Waals surface area contributed by atoms with Crippen molar-refractivity contribution in [2.75, 3.05) is 38.2 Å². The van der Waals surface area contributed by atoms with E-state index in [2.05, 4.69) is 14.8 Å². The van der Waals surface area contributed by atoms with Crippen LogP contribution in [0, 0.1) is 0 Å². The van der Waals surface area contributed by atoms with Gasteiger partial charge in [-0.2, -0.15) is 0 Å². The molecule has 3 rings (SSSR count). The Morgan fingerprint density at radius 3 is 2.44 bits per heavy atom. The van der Waals surface area contributed by atoms with Crippen LogP contribution in [0.1, 0.15) is 11.6 Å². The molecule has 1 aliphatic heterocycles. The Labute approximate surface area is 157 Å². The van der Waals surface area contributed by atoms with Gasteiger partial charge >= 0.3 is 5.97 Å². The van der Waals surface area contributed by atoms with Crippen LogP contribution in [0.2, 0.25) is 10.0 Å². The number of methoxy groups -OCH3 is 1. The van der Waals surface area contributed by atoms with E-state index in [1.165, 1.54) is 7.11 Å². The fraction of sp³-hybridized carbons (Fsp3) is 0.333. The number of piperazine rings is 1. The molecule has 5 nitrogen and oxygen atoms in total. The number of anilines is 1. The number of carbonyl (C=O) groups is 1. The average Bonchev–Trinajstić information content (AvgIpc) is 2.64. The first-order valence-electron chi connectivity index (χ1n) is 8.03. The smallest absolute Gasteiger partial charge is 0.327 e. The van der Waals surface area contributed by atoms with Gasteiger partial charge < -0.3 is 9.64 Å². The Morgan fingerprint density at radius 1 is 1.12 bits per heavy atom. The molecular weight excluding hydrogens is 361 g/mol. The van der Waals surface area contributed by atoms with E-state index in [1.54, 1.807) is 12.3 Å². The molecule has 132 valence electrons. The van der Waals surface area contributed by atoms with E-state index in [4.69, 9.17) is 27.9 Å². The van der Waals surface area contributed by atoms with Gasteiger partial charge in [0.05, 0.1) is 12.1 Å². The predicted molar refractivity (Wildman–Crippen MR) is 99.2 cm³/mol. The molecular formula is C18H19Cl2N3O2. The van der Waals surface area contributed by atoms with Gasteiger partial charge in [-0.25, -0.2) is 9.78 Å². The summed E-state index contributed by atoms with van der Waals surface area (Å²) in [4.78, 5) is 21.0. The van der Waals surface area contributed by atoms with E-state index < -0.39 is 6.04 Å². The standard InChI is InChI=1S/C18H19Cl2N3O2/c1-25-18(24)17(14-4-2-3-5-15(14)20)23-10-8-22(9-11-23)16-7-6-13(19)12-21-16/h2-7,12,17H,8-11H2,1H3. The molecule has 1 atom stereocenters. The summed E-state index contributed by atoms with van der Waals surface area (Å²) in [7, 11) is 1.40. The summed E-state index contributed by atoms with van der Waals surface area (Å²) in [6.45, 7) is 2.92. The van der Waals surface area contributed by atoms with Gasteiger partial charge in [0.25, 0.3) is 0 Å². The number of aromatic nitrogens is 1. The van der Waals surface area contributed by atoms with E-state index in [9.17, 15) is 4.79 Å². The van der Waals surface area contributed by atoms with Crippen molar-refractivity contribution < 1.29 is 9.53 Å². The van der Waals surface area contributed by atoms with Crippen molar-refractivity contribution in [1.82, 2.24) is 9.88 Å². The molecule has 1 aromatic heterocycles. The maximum atomic E-state index is 12.4. The van der Waals surface area contributed by atoms with E-state index in [0.29, 0.717) is 23.1 Å². The third kappa shape index (κ3) is 4.06. The van der Waals surface area contributed by atoms with Gasteiger partial charge in [0, 0.05) is 37.4 Å². The van der Waals surface area contributed by atoms with Crippen LogP contribution in [0.5, 0.6) is 0 Å². The van der Waals surface area contributed by atoms with Crippen molar-refractivity contribution in [2.24, 2.45) is 0 Å². The van der Waals surface area contributed by atoms with Crippen molar-refractivity contribution in [1.29, 1.82) is 0 Å². The molecule has 0 bridgehead atoms.